The van der Waals surface area contributed by atoms with Gasteiger partial charge in [-0.3, -0.25) is 0 Å². The fourth-order valence-corrected chi connectivity index (χ4v) is 1.86. The lowest BCUT2D eigenvalue weighted by Crippen LogP contribution is -2.45. The van der Waals surface area contributed by atoms with Crippen LogP contribution in [0.2, 0.25) is 0 Å². The Morgan fingerprint density at radius 1 is 1.29 bits per heavy atom. The summed E-state index contributed by atoms with van der Waals surface area (Å²) in [5.74, 6) is -0.302. The normalized spacial score (nSPS) is 18.0. The van der Waals surface area contributed by atoms with Crippen molar-refractivity contribution in [2.45, 2.75) is 25.7 Å². The number of carbonyl (C=O) groups is 1. The lowest BCUT2D eigenvalue weighted by atomic mass is 10.2. The van der Waals surface area contributed by atoms with Crippen LogP contribution in [-0.4, -0.2) is 44.7 Å². The molecule has 1 aliphatic heterocycles. The molecule has 0 amide bonds. The van der Waals surface area contributed by atoms with E-state index in [0.29, 0.717) is 19.0 Å². The van der Waals surface area contributed by atoms with Crippen molar-refractivity contribution in [2.75, 3.05) is 32.2 Å². The highest BCUT2D eigenvalue weighted by Crippen LogP contribution is 2.21. The number of rotatable bonds is 5. The number of benzene rings is 1. The van der Waals surface area contributed by atoms with Gasteiger partial charge in [-0.05, 0) is 38.1 Å². The Labute approximate surface area is 124 Å². The van der Waals surface area contributed by atoms with Crippen LogP contribution < -0.4 is 10.1 Å². The molecule has 1 saturated heterocycles. The number of hydrogen-bond donors (Lipinski definition) is 1. The van der Waals surface area contributed by atoms with Gasteiger partial charge in [0.15, 0.2) is 12.4 Å². The molecule has 1 fully saturated rings. The van der Waals surface area contributed by atoms with Gasteiger partial charge >= 0.3 is 5.97 Å². The Morgan fingerprint density at radius 2 is 1.90 bits per heavy atom. The predicted octanol–water partition coefficient (Wildman–Crippen LogP) is 1.80. The summed E-state index contributed by atoms with van der Waals surface area (Å²) in [6, 6.07) is 7.46. The van der Waals surface area contributed by atoms with Gasteiger partial charge in [0.2, 0.25) is 0 Å². The van der Waals surface area contributed by atoms with Crippen LogP contribution in [-0.2, 0) is 19.0 Å². The standard InChI is InChI=1S/C15H21NO5/c1-15(2)20-8-12(9-21-15)16-11-4-6-13(7-5-11)19-10-14(17)18-3/h4-7,12,16H,8-10H2,1-3H3. The largest absolute Gasteiger partial charge is 0.482 e. The monoisotopic (exact) mass is 295 g/mol. The third-order valence-electron chi connectivity index (χ3n) is 3.07. The van der Waals surface area contributed by atoms with E-state index < -0.39 is 11.8 Å². The molecule has 0 atom stereocenters. The summed E-state index contributed by atoms with van der Waals surface area (Å²) in [5, 5.41) is 3.32. The van der Waals surface area contributed by atoms with Gasteiger partial charge in [0.25, 0.3) is 0 Å². The van der Waals surface area contributed by atoms with Crippen molar-refractivity contribution in [3.05, 3.63) is 24.3 Å². The maximum Gasteiger partial charge on any atom is 0.343 e. The first-order chi connectivity index (χ1) is 9.98. The van der Waals surface area contributed by atoms with Crippen molar-refractivity contribution in [1.82, 2.24) is 0 Å². The minimum Gasteiger partial charge on any atom is -0.482 e. The summed E-state index contributed by atoms with van der Waals surface area (Å²) in [6.45, 7) is 4.89. The number of ether oxygens (including phenoxy) is 4. The smallest absolute Gasteiger partial charge is 0.343 e. The Kier molecular flexibility index (Phi) is 5.03. The second-order valence-corrected chi connectivity index (χ2v) is 5.25. The first-order valence-electron chi connectivity index (χ1n) is 6.82. The minimum absolute atomic E-state index is 0.0946. The Bertz CT molecular complexity index is 461. The Morgan fingerprint density at radius 3 is 2.48 bits per heavy atom. The number of methoxy groups -OCH3 is 1. The summed E-state index contributed by atoms with van der Waals surface area (Å²) in [4.78, 5) is 11.0. The Hall–Kier alpha value is -1.79. The zero-order valence-corrected chi connectivity index (χ0v) is 12.5. The van der Waals surface area contributed by atoms with E-state index in [9.17, 15) is 4.79 Å². The van der Waals surface area contributed by atoms with Crippen LogP contribution in [0, 0.1) is 0 Å². The van der Waals surface area contributed by atoms with Crippen molar-refractivity contribution in [3.8, 4) is 5.75 Å². The number of nitrogens with one attached hydrogen (secondary N) is 1. The molecule has 0 aliphatic carbocycles. The second kappa shape index (κ2) is 6.78. The van der Waals surface area contributed by atoms with E-state index in [1.165, 1.54) is 7.11 Å². The second-order valence-electron chi connectivity index (χ2n) is 5.25. The maximum absolute atomic E-state index is 11.0. The fourth-order valence-electron chi connectivity index (χ4n) is 1.86. The first kappa shape index (κ1) is 15.6. The molecule has 1 aliphatic rings. The zero-order valence-electron chi connectivity index (χ0n) is 12.5. The van der Waals surface area contributed by atoms with Crippen molar-refractivity contribution >= 4 is 11.7 Å². The van der Waals surface area contributed by atoms with Gasteiger partial charge in [-0.25, -0.2) is 4.79 Å². The van der Waals surface area contributed by atoms with E-state index >= 15 is 0 Å². The van der Waals surface area contributed by atoms with Gasteiger partial charge < -0.3 is 24.3 Å². The van der Waals surface area contributed by atoms with Crippen LogP contribution in [0.4, 0.5) is 5.69 Å². The van der Waals surface area contributed by atoms with E-state index in [0.717, 1.165) is 5.69 Å². The number of carbonyl (C=O) groups excluding carboxylic acids is 1. The average molecular weight is 295 g/mol. The molecular weight excluding hydrogens is 274 g/mol. The average Bonchev–Trinajstić information content (AvgIpc) is 2.48. The van der Waals surface area contributed by atoms with Gasteiger partial charge in [0.05, 0.1) is 26.4 Å². The van der Waals surface area contributed by atoms with Crippen LogP contribution >= 0.6 is 0 Å². The molecule has 21 heavy (non-hydrogen) atoms. The van der Waals surface area contributed by atoms with Crippen molar-refractivity contribution in [2.24, 2.45) is 0 Å². The summed E-state index contributed by atoms with van der Waals surface area (Å²) >= 11 is 0. The quantitative estimate of drug-likeness (QED) is 0.836. The van der Waals surface area contributed by atoms with Crippen molar-refractivity contribution in [3.63, 3.8) is 0 Å². The topological polar surface area (TPSA) is 66.0 Å². The molecule has 0 bridgehead atoms. The minimum atomic E-state index is -0.510. The van der Waals surface area contributed by atoms with Gasteiger partial charge in [-0.15, -0.1) is 0 Å². The van der Waals surface area contributed by atoms with E-state index in [1.54, 1.807) is 12.1 Å². The molecule has 0 unspecified atom stereocenters. The molecular formula is C15H21NO5. The van der Waals surface area contributed by atoms with Crippen molar-refractivity contribution < 1.29 is 23.7 Å². The zero-order chi connectivity index (χ0) is 15.3. The summed E-state index contributed by atoms with van der Waals surface area (Å²) in [5.41, 5.74) is 0.942. The molecule has 0 aromatic heterocycles. The molecule has 6 nitrogen and oxygen atoms in total. The molecule has 0 radical (unpaired) electrons. The summed E-state index contributed by atoms with van der Waals surface area (Å²) in [6.07, 6.45) is 0. The van der Waals surface area contributed by atoms with Crippen molar-refractivity contribution in [1.29, 1.82) is 0 Å². The highest BCUT2D eigenvalue weighted by Gasteiger charge is 2.28. The number of esters is 1. The lowest BCUT2D eigenvalue weighted by molar-refractivity contribution is -0.247. The van der Waals surface area contributed by atoms with E-state index in [4.69, 9.17) is 14.2 Å². The first-order valence-corrected chi connectivity index (χ1v) is 6.82. The van der Waals surface area contributed by atoms with E-state index in [2.05, 4.69) is 10.1 Å². The maximum atomic E-state index is 11.0. The molecule has 0 spiro atoms. The predicted molar refractivity (Wildman–Crippen MR) is 77.3 cm³/mol. The van der Waals surface area contributed by atoms with Crippen LogP contribution in [0.1, 0.15) is 13.8 Å². The van der Waals surface area contributed by atoms with Crippen LogP contribution in [0.5, 0.6) is 5.75 Å². The third-order valence-corrected chi connectivity index (χ3v) is 3.07. The van der Waals surface area contributed by atoms with Crippen LogP contribution in [0.25, 0.3) is 0 Å². The number of hydrogen-bond acceptors (Lipinski definition) is 6. The number of anilines is 1. The van der Waals surface area contributed by atoms with Gasteiger partial charge in [-0.2, -0.15) is 0 Å². The lowest BCUT2D eigenvalue weighted by Gasteiger charge is -2.35. The molecule has 1 aromatic rings. The molecule has 1 aromatic carbocycles. The SMILES string of the molecule is COC(=O)COc1ccc(NC2COC(C)(C)OC2)cc1. The molecule has 0 saturated carbocycles. The summed E-state index contributed by atoms with van der Waals surface area (Å²) < 4.78 is 21.0. The molecule has 1 heterocycles. The molecule has 6 heteroatoms. The molecule has 1 N–H and O–H groups in total. The van der Waals surface area contributed by atoms with Crippen LogP contribution in [0.3, 0.4) is 0 Å². The fraction of sp³-hybridized carbons (Fsp3) is 0.533. The Balaban J connectivity index is 1.81. The highest BCUT2D eigenvalue weighted by molar-refractivity contribution is 5.70. The molecule has 116 valence electrons. The summed E-state index contributed by atoms with van der Waals surface area (Å²) in [7, 11) is 1.33. The highest BCUT2D eigenvalue weighted by atomic mass is 16.7. The van der Waals surface area contributed by atoms with E-state index in [1.807, 2.05) is 26.0 Å². The van der Waals surface area contributed by atoms with Gasteiger partial charge in [-0.1, -0.05) is 0 Å². The van der Waals surface area contributed by atoms with Gasteiger partial charge in [0, 0.05) is 5.69 Å². The van der Waals surface area contributed by atoms with E-state index in [-0.39, 0.29) is 12.6 Å². The van der Waals surface area contributed by atoms with Gasteiger partial charge in [0.1, 0.15) is 5.75 Å². The molecule has 2 rings (SSSR count). The van der Waals surface area contributed by atoms with Crippen LogP contribution in [0.15, 0.2) is 24.3 Å². The third kappa shape index (κ3) is 4.91.